The van der Waals surface area contributed by atoms with E-state index in [4.69, 9.17) is 0 Å². The van der Waals surface area contributed by atoms with Crippen LogP contribution in [0.2, 0.25) is 0 Å². The Morgan fingerprint density at radius 3 is 1.26 bits per heavy atom. The summed E-state index contributed by atoms with van der Waals surface area (Å²) < 4.78 is 34.7. The summed E-state index contributed by atoms with van der Waals surface area (Å²) in [5.41, 5.74) is 2.17. The van der Waals surface area contributed by atoms with Crippen LogP contribution in [-0.2, 0) is 23.0 Å². The van der Waals surface area contributed by atoms with E-state index in [1.54, 1.807) is 6.07 Å². The van der Waals surface area contributed by atoms with Crippen molar-refractivity contribution in [3.05, 3.63) is 41.5 Å². The van der Waals surface area contributed by atoms with Crippen LogP contribution in [0, 0.1) is 0 Å². The molecule has 0 aliphatic heterocycles. The van der Waals surface area contributed by atoms with Crippen molar-refractivity contribution in [2.75, 3.05) is 0 Å². The highest BCUT2D eigenvalue weighted by Gasteiger charge is 2.16. The summed E-state index contributed by atoms with van der Waals surface area (Å²) in [5, 5.41) is 1.57. The van der Waals surface area contributed by atoms with Crippen LogP contribution < -0.4 is 0 Å². The molecule has 240 valence electrons. The molecule has 2 aromatic carbocycles. The van der Waals surface area contributed by atoms with Crippen molar-refractivity contribution in [1.29, 1.82) is 0 Å². The van der Waals surface area contributed by atoms with Gasteiger partial charge < -0.3 is 0 Å². The fourth-order valence-corrected chi connectivity index (χ4v) is 7.04. The number of unbranched alkanes of at least 4 members (excludes halogenated alkanes) is 22. The average molecular weight is 601 g/mol. The lowest BCUT2D eigenvalue weighted by molar-refractivity contribution is 0.484. The predicted molar refractivity (Wildman–Crippen MR) is 183 cm³/mol. The second kappa shape index (κ2) is 23.1. The first-order chi connectivity index (χ1) is 20.5. The first kappa shape index (κ1) is 36.8. The SMILES string of the molecule is CCCCCCCCCCCCCCc1cc(S(=O)(=O)O)c2cc(CCCCCCCCCCCCCC)ccc2c1. The summed E-state index contributed by atoms with van der Waals surface area (Å²) in [5.74, 6) is 0. The molecule has 2 rings (SSSR count). The molecule has 0 amide bonds. The molecule has 0 unspecified atom stereocenters. The van der Waals surface area contributed by atoms with Crippen LogP contribution in [0.5, 0.6) is 0 Å². The summed E-state index contributed by atoms with van der Waals surface area (Å²) in [6.07, 6.45) is 33.5. The van der Waals surface area contributed by atoms with Gasteiger partial charge in [-0.3, -0.25) is 4.55 Å². The Hall–Kier alpha value is -1.39. The topological polar surface area (TPSA) is 54.4 Å². The molecule has 0 atom stereocenters. The Bertz CT molecular complexity index is 1060. The van der Waals surface area contributed by atoms with Crippen molar-refractivity contribution < 1.29 is 13.0 Å². The number of hydrogen-bond acceptors (Lipinski definition) is 2. The van der Waals surface area contributed by atoms with Gasteiger partial charge in [-0.05, 0) is 54.3 Å². The van der Waals surface area contributed by atoms with E-state index in [0.29, 0.717) is 5.39 Å². The molecule has 0 spiro atoms. The smallest absolute Gasteiger partial charge is 0.282 e. The highest BCUT2D eigenvalue weighted by Crippen LogP contribution is 2.28. The molecule has 0 saturated heterocycles. The van der Waals surface area contributed by atoms with E-state index in [1.807, 2.05) is 12.1 Å². The third-order valence-electron chi connectivity index (χ3n) is 8.96. The molecule has 0 heterocycles. The van der Waals surface area contributed by atoms with Gasteiger partial charge in [-0.15, -0.1) is 0 Å². The van der Waals surface area contributed by atoms with E-state index in [0.717, 1.165) is 42.2 Å². The van der Waals surface area contributed by atoms with E-state index in [1.165, 1.54) is 141 Å². The normalized spacial score (nSPS) is 12.0. The van der Waals surface area contributed by atoms with Gasteiger partial charge in [0.2, 0.25) is 0 Å². The standard InChI is InChI=1S/C38H64O3S/c1-3-5-7-9-11-13-15-17-19-21-23-25-27-34-29-30-36-31-35(33-38(37(36)32-34)42(39,40)41)28-26-24-22-20-18-16-14-12-10-8-6-4-2/h29-33H,3-28H2,1-2H3,(H,39,40,41). The van der Waals surface area contributed by atoms with Crippen LogP contribution in [0.1, 0.15) is 179 Å². The van der Waals surface area contributed by atoms with Gasteiger partial charge in [0.05, 0.1) is 0 Å². The zero-order chi connectivity index (χ0) is 30.3. The van der Waals surface area contributed by atoms with Crippen molar-refractivity contribution in [2.24, 2.45) is 0 Å². The van der Waals surface area contributed by atoms with E-state index in [9.17, 15) is 13.0 Å². The largest absolute Gasteiger partial charge is 0.295 e. The van der Waals surface area contributed by atoms with Crippen molar-refractivity contribution in [3.8, 4) is 0 Å². The quantitative estimate of drug-likeness (QED) is 0.0819. The van der Waals surface area contributed by atoms with Crippen LogP contribution in [-0.4, -0.2) is 13.0 Å². The molecule has 3 nitrogen and oxygen atoms in total. The van der Waals surface area contributed by atoms with E-state index < -0.39 is 10.1 Å². The highest BCUT2D eigenvalue weighted by atomic mass is 32.2. The van der Waals surface area contributed by atoms with Crippen molar-refractivity contribution in [3.63, 3.8) is 0 Å². The average Bonchev–Trinajstić information content (AvgIpc) is 2.97. The van der Waals surface area contributed by atoms with Gasteiger partial charge in [0.1, 0.15) is 4.90 Å². The van der Waals surface area contributed by atoms with E-state index >= 15 is 0 Å². The summed E-state index contributed by atoms with van der Waals surface area (Å²) in [4.78, 5) is 0.0745. The fraction of sp³-hybridized carbons (Fsp3) is 0.737. The second-order valence-electron chi connectivity index (χ2n) is 12.9. The molecule has 0 aliphatic rings. The van der Waals surface area contributed by atoms with Crippen LogP contribution in [0.4, 0.5) is 0 Å². The zero-order valence-corrected chi connectivity index (χ0v) is 28.3. The molecule has 0 aliphatic carbocycles. The summed E-state index contributed by atoms with van der Waals surface area (Å²) >= 11 is 0. The third kappa shape index (κ3) is 16.5. The van der Waals surface area contributed by atoms with Crippen molar-refractivity contribution in [2.45, 2.75) is 186 Å². The lowest BCUT2D eigenvalue weighted by Gasteiger charge is -2.11. The lowest BCUT2D eigenvalue weighted by atomic mass is 9.98. The molecule has 2 aromatic rings. The minimum atomic E-state index is -4.27. The van der Waals surface area contributed by atoms with Crippen LogP contribution in [0.15, 0.2) is 35.2 Å². The Kier molecular flexibility index (Phi) is 20.2. The maximum absolute atomic E-state index is 12.3. The van der Waals surface area contributed by atoms with Crippen molar-refractivity contribution >= 4 is 20.9 Å². The van der Waals surface area contributed by atoms with Gasteiger partial charge in [0.15, 0.2) is 0 Å². The first-order valence-electron chi connectivity index (χ1n) is 18.0. The molecule has 0 fully saturated rings. The van der Waals surface area contributed by atoms with Crippen LogP contribution >= 0.6 is 0 Å². The zero-order valence-electron chi connectivity index (χ0n) is 27.4. The van der Waals surface area contributed by atoms with Gasteiger partial charge in [-0.25, -0.2) is 0 Å². The Morgan fingerprint density at radius 2 is 0.857 bits per heavy atom. The van der Waals surface area contributed by atoms with Crippen LogP contribution in [0.3, 0.4) is 0 Å². The summed E-state index contributed by atoms with van der Waals surface area (Å²) in [6.45, 7) is 4.54. The van der Waals surface area contributed by atoms with Crippen LogP contribution in [0.25, 0.3) is 10.8 Å². The predicted octanol–water partition coefficient (Wildman–Crippen LogP) is 12.6. The molecule has 0 aromatic heterocycles. The van der Waals surface area contributed by atoms with E-state index in [-0.39, 0.29) is 4.90 Å². The van der Waals surface area contributed by atoms with Gasteiger partial charge in [-0.1, -0.05) is 173 Å². The lowest BCUT2D eigenvalue weighted by Crippen LogP contribution is -2.02. The Labute approximate surface area is 260 Å². The molecule has 0 saturated carbocycles. The number of aryl methyl sites for hydroxylation is 2. The summed E-state index contributed by atoms with van der Waals surface area (Å²) in [7, 11) is -4.27. The molecule has 4 heteroatoms. The summed E-state index contributed by atoms with van der Waals surface area (Å²) in [6, 6.07) is 10.0. The monoisotopic (exact) mass is 600 g/mol. The number of rotatable bonds is 27. The van der Waals surface area contributed by atoms with Gasteiger partial charge in [0.25, 0.3) is 10.1 Å². The van der Waals surface area contributed by atoms with Crippen molar-refractivity contribution in [1.82, 2.24) is 0 Å². The fourth-order valence-electron chi connectivity index (χ4n) is 6.28. The molecule has 42 heavy (non-hydrogen) atoms. The number of fused-ring (bicyclic) bond motifs is 1. The Balaban J connectivity index is 1.70. The third-order valence-corrected chi connectivity index (χ3v) is 9.85. The van der Waals surface area contributed by atoms with Gasteiger partial charge in [0, 0.05) is 5.39 Å². The first-order valence-corrected chi connectivity index (χ1v) is 19.4. The maximum atomic E-state index is 12.3. The number of benzene rings is 2. The maximum Gasteiger partial charge on any atom is 0.295 e. The van der Waals surface area contributed by atoms with Gasteiger partial charge in [-0.2, -0.15) is 8.42 Å². The molecular weight excluding hydrogens is 536 g/mol. The van der Waals surface area contributed by atoms with Gasteiger partial charge >= 0.3 is 0 Å². The number of hydrogen-bond donors (Lipinski definition) is 1. The molecule has 0 bridgehead atoms. The minimum absolute atomic E-state index is 0.0745. The second-order valence-corrected chi connectivity index (χ2v) is 14.3. The van der Waals surface area contributed by atoms with E-state index in [2.05, 4.69) is 26.0 Å². The molecule has 0 radical (unpaired) electrons. The molecule has 1 N–H and O–H groups in total. The Morgan fingerprint density at radius 1 is 0.476 bits per heavy atom. The molecular formula is C38H64O3S. The minimum Gasteiger partial charge on any atom is -0.282 e. The highest BCUT2D eigenvalue weighted by molar-refractivity contribution is 7.86.